The summed E-state index contributed by atoms with van der Waals surface area (Å²) < 4.78 is 67.0. The summed E-state index contributed by atoms with van der Waals surface area (Å²) in [4.78, 5) is 0.0830. The number of nitrogens with zero attached hydrogens (tertiary/aromatic N) is 4. The molecule has 11 heteroatoms. The molecule has 0 atom stereocenters. The van der Waals surface area contributed by atoms with Gasteiger partial charge >= 0.3 is 6.18 Å². The van der Waals surface area contributed by atoms with Gasteiger partial charge in [-0.3, -0.25) is 9.36 Å². The maximum atomic E-state index is 12.6. The molecule has 7 nitrogen and oxygen atoms in total. The number of aromatic nitrogens is 4. The van der Waals surface area contributed by atoms with Crippen LogP contribution in [0.2, 0.25) is 0 Å². The lowest BCUT2D eigenvalue weighted by atomic mass is 10.3. The summed E-state index contributed by atoms with van der Waals surface area (Å²) in [7, 11) is -2.08. The van der Waals surface area contributed by atoms with Crippen LogP contribution in [-0.2, 0) is 29.8 Å². The molecule has 134 valence electrons. The first kappa shape index (κ1) is 18.5. The smallest absolute Gasteiger partial charge is 0.274 e. The molecule has 2 heterocycles. The van der Waals surface area contributed by atoms with Crippen molar-refractivity contribution in [3.63, 3.8) is 0 Å². The predicted molar refractivity (Wildman–Crippen MR) is 79.7 cm³/mol. The Morgan fingerprint density at radius 1 is 1.25 bits per heavy atom. The van der Waals surface area contributed by atoms with Gasteiger partial charge in [0.2, 0.25) is 10.0 Å². The summed E-state index contributed by atoms with van der Waals surface area (Å²) in [5.74, 6) is 0. The van der Waals surface area contributed by atoms with Gasteiger partial charge in [-0.1, -0.05) is 0 Å². The molecule has 24 heavy (non-hydrogen) atoms. The number of alkyl halides is 3. The zero-order valence-electron chi connectivity index (χ0n) is 13.4. The number of halogens is 3. The minimum atomic E-state index is -4.49. The maximum Gasteiger partial charge on any atom is 0.435 e. The summed E-state index contributed by atoms with van der Waals surface area (Å²) in [6.07, 6.45) is -2.79. The summed E-state index contributed by atoms with van der Waals surface area (Å²) in [6, 6.07) is 0.961. The maximum absolute atomic E-state index is 12.6. The first-order valence-electron chi connectivity index (χ1n) is 7.12. The third-order valence-electron chi connectivity index (χ3n) is 3.37. The van der Waals surface area contributed by atoms with Gasteiger partial charge in [-0.25, -0.2) is 13.1 Å². The van der Waals surface area contributed by atoms with E-state index in [0.29, 0.717) is 17.8 Å². The second-order valence-corrected chi connectivity index (χ2v) is 7.13. The third kappa shape index (κ3) is 4.15. The Morgan fingerprint density at radius 2 is 1.92 bits per heavy atom. The van der Waals surface area contributed by atoms with Crippen LogP contribution in [0.25, 0.3) is 0 Å². The third-order valence-corrected chi connectivity index (χ3v) is 4.93. The molecule has 0 aliphatic carbocycles. The monoisotopic (exact) mass is 365 g/mol. The van der Waals surface area contributed by atoms with Crippen molar-refractivity contribution in [2.75, 3.05) is 6.54 Å². The number of hydrogen-bond acceptors (Lipinski definition) is 4. The molecule has 0 spiro atoms. The summed E-state index contributed by atoms with van der Waals surface area (Å²) >= 11 is 0. The largest absolute Gasteiger partial charge is 0.435 e. The van der Waals surface area contributed by atoms with Crippen LogP contribution in [0.15, 0.2) is 17.2 Å². The molecule has 0 amide bonds. The van der Waals surface area contributed by atoms with Gasteiger partial charge in [0, 0.05) is 32.0 Å². The Kier molecular flexibility index (Phi) is 5.04. The molecule has 0 bridgehead atoms. The van der Waals surface area contributed by atoms with Crippen LogP contribution in [0.5, 0.6) is 0 Å². The fourth-order valence-electron chi connectivity index (χ4n) is 2.23. The van der Waals surface area contributed by atoms with E-state index in [1.54, 1.807) is 14.0 Å². The van der Waals surface area contributed by atoms with Crippen molar-refractivity contribution in [2.45, 2.75) is 37.9 Å². The lowest BCUT2D eigenvalue weighted by Crippen LogP contribution is -2.26. The highest BCUT2D eigenvalue weighted by molar-refractivity contribution is 7.89. The van der Waals surface area contributed by atoms with Crippen LogP contribution >= 0.6 is 0 Å². The molecule has 0 aromatic carbocycles. The second-order valence-electron chi connectivity index (χ2n) is 5.40. The van der Waals surface area contributed by atoms with Crippen LogP contribution in [0.1, 0.15) is 23.5 Å². The van der Waals surface area contributed by atoms with E-state index in [1.807, 2.05) is 0 Å². The molecule has 0 unspecified atom stereocenters. The zero-order chi connectivity index (χ0) is 18.1. The van der Waals surface area contributed by atoms with Crippen LogP contribution in [0.4, 0.5) is 13.2 Å². The van der Waals surface area contributed by atoms with Crippen LogP contribution in [0, 0.1) is 13.8 Å². The van der Waals surface area contributed by atoms with Crippen LogP contribution in [0.3, 0.4) is 0 Å². The van der Waals surface area contributed by atoms with E-state index in [0.717, 1.165) is 6.07 Å². The fraction of sp³-hybridized carbons (Fsp3) is 0.538. The van der Waals surface area contributed by atoms with Crippen molar-refractivity contribution in [2.24, 2.45) is 7.05 Å². The lowest BCUT2D eigenvalue weighted by Gasteiger charge is -2.07. The average molecular weight is 365 g/mol. The minimum Gasteiger partial charge on any atom is -0.274 e. The summed E-state index contributed by atoms with van der Waals surface area (Å²) in [6.45, 7) is 3.36. The molecule has 2 aromatic rings. The van der Waals surface area contributed by atoms with Gasteiger partial charge in [0.05, 0.1) is 5.69 Å². The standard InChI is InChI=1S/C13H18F3N5O2S/c1-9-7-12(13(14,15)16)19-21(9)6-4-5-17-24(22,23)11-8-20(3)18-10(11)2/h7-8,17H,4-6H2,1-3H3. The van der Waals surface area contributed by atoms with E-state index < -0.39 is 21.9 Å². The van der Waals surface area contributed by atoms with Crippen molar-refractivity contribution >= 4 is 10.0 Å². The van der Waals surface area contributed by atoms with Crippen molar-refractivity contribution in [1.82, 2.24) is 24.3 Å². The van der Waals surface area contributed by atoms with E-state index in [4.69, 9.17) is 0 Å². The van der Waals surface area contributed by atoms with E-state index in [1.165, 1.54) is 22.5 Å². The van der Waals surface area contributed by atoms with Gasteiger partial charge in [0.15, 0.2) is 5.69 Å². The molecular formula is C13H18F3N5O2S. The summed E-state index contributed by atoms with van der Waals surface area (Å²) in [5, 5.41) is 7.46. The van der Waals surface area contributed by atoms with Gasteiger partial charge in [0.25, 0.3) is 0 Å². The predicted octanol–water partition coefficient (Wildman–Crippen LogP) is 1.62. The molecule has 0 aliphatic rings. The Balaban J connectivity index is 1.94. The van der Waals surface area contributed by atoms with Crippen LogP contribution < -0.4 is 4.72 Å². The number of aryl methyl sites for hydroxylation is 4. The molecule has 0 radical (unpaired) electrons. The van der Waals surface area contributed by atoms with E-state index in [-0.39, 0.29) is 18.0 Å². The lowest BCUT2D eigenvalue weighted by molar-refractivity contribution is -0.141. The Hall–Kier alpha value is -1.88. The molecule has 0 saturated heterocycles. The molecule has 0 aliphatic heterocycles. The topological polar surface area (TPSA) is 81.8 Å². The highest BCUT2D eigenvalue weighted by Gasteiger charge is 2.34. The zero-order valence-corrected chi connectivity index (χ0v) is 14.2. The molecule has 0 fully saturated rings. The highest BCUT2D eigenvalue weighted by Crippen LogP contribution is 2.28. The minimum absolute atomic E-state index is 0.0807. The van der Waals surface area contributed by atoms with Gasteiger partial charge in [-0.15, -0.1) is 0 Å². The van der Waals surface area contributed by atoms with Crippen LogP contribution in [-0.4, -0.2) is 34.5 Å². The van der Waals surface area contributed by atoms with E-state index in [9.17, 15) is 21.6 Å². The van der Waals surface area contributed by atoms with Crippen molar-refractivity contribution in [3.05, 3.63) is 29.3 Å². The molecule has 1 N–H and O–H groups in total. The Bertz CT molecular complexity index is 823. The molecule has 2 aromatic heterocycles. The van der Waals surface area contributed by atoms with Gasteiger partial charge < -0.3 is 0 Å². The van der Waals surface area contributed by atoms with Gasteiger partial charge in [-0.05, 0) is 26.3 Å². The van der Waals surface area contributed by atoms with E-state index >= 15 is 0 Å². The van der Waals surface area contributed by atoms with Gasteiger partial charge in [0.1, 0.15) is 4.90 Å². The van der Waals surface area contributed by atoms with Crippen molar-refractivity contribution in [3.8, 4) is 0 Å². The average Bonchev–Trinajstić information content (AvgIpc) is 2.98. The SMILES string of the molecule is Cc1nn(C)cc1S(=O)(=O)NCCCn1nc(C(F)(F)F)cc1C. The fourth-order valence-corrected chi connectivity index (χ4v) is 3.52. The van der Waals surface area contributed by atoms with Crippen molar-refractivity contribution < 1.29 is 21.6 Å². The quantitative estimate of drug-likeness (QED) is 0.789. The molecule has 2 rings (SSSR count). The Labute approximate surface area is 137 Å². The summed E-state index contributed by atoms with van der Waals surface area (Å²) in [5.41, 5.74) is -0.206. The van der Waals surface area contributed by atoms with Gasteiger partial charge in [-0.2, -0.15) is 23.4 Å². The van der Waals surface area contributed by atoms with E-state index in [2.05, 4.69) is 14.9 Å². The molecule has 0 saturated carbocycles. The normalized spacial score (nSPS) is 12.8. The number of sulfonamides is 1. The number of hydrogen-bond donors (Lipinski definition) is 1. The second kappa shape index (κ2) is 6.55. The number of nitrogens with one attached hydrogen (secondary N) is 1. The number of rotatable bonds is 6. The highest BCUT2D eigenvalue weighted by atomic mass is 32.2. The van der Waals surface area contributed by atoms with Crippen molar-refractivity contribution in [1.29, 1.82) is 0 Å². The molecular weight excluding hydrogens is 347 g/mol. The first-order valence-corrected chi connectivity index (χ1v) is 8.60. The first-order chi connectivity index (χ1) is 11.0. The Morgan fingerprint density at radius 3 is 2.42 bits per heavy atom.